The molecule has 0 bridgehead atoms. The van der Waals surface area contributed by atoms with E-state index in [-0.39, 0.29) is 0 Å². The minimum atomic E-state index is 0.717. The van der Waals surface area contributed by atoms with Crippen LogP contribution in [0, 0.1) is 11.8 Å². The lowest BCUT2D eigenvalue weighted by Gasteiger charge is -2.24. The Kier molecular flexibility index (Phi) is 6.31. The van der Waals surface area contributed by atoms with Gasteiger partial charge in [0.25, 0.3) is 0 Å². The molecule has 1 aliphatic rings. The van der Waals surface area contributed by atoms with E-state index in [0.29, 0.717) is 6.04 Å². The van der Waals surface area contributed by atoms with Gasteiger partial charge in [-0.3, -0.25) is 0 Å². The van der Waals surface area contributed by atoms with Crippen LogP contribution in [0.3, 0.4) is 0 Å². The Bertz CT molecular complexity index is 147. The van der Waals surface area contributed by atoms with Crippen LogP contribution >= 0.6 is 0 Å². The van der Waals surface area contributed by atoms with Crippen molar-refractivity contribution in [3.8, 4) is 0 Å². The summed E-state index contributed by atoms with van der Waals surface area (Å²) in [5.74, 6) is 1.82. The lowest BCUT2D eigenvalue weighted by molar-refractivity contribution is 0.323. The largest absolute Gasteiger partial charge is 0.314 e. The van der Waals surface area contributed by atoms with Gasteiger partial charge in [-0.25, -0.2) is 0 Å². The fraction of sp³-hybridized carbons (Fsp3) is 1.00. The lowest BCUT2D eigenvalue weighted by atomic mass is 9.89. The predicted octanol–water partition coefficient (Wildman–Crippen LogP) is 3.98. The minimum absolute atomic E-state index is 0.717. The highest BCUT2D eigenvalue weighted by atomic mass is 14.9. The fourth-order valence-electron chi connectivity index (χ4n) is 2.44. The second kappa shape index (κ2) is 7.27. The van der Waals surface area contributed by atoms with E-state index < -0.39 is 0 Å². The van der Waals surface area contributed by atoms with Gasteiger partial charge in [0, 0.05) is 6.04 Å². The zero-order valence-corrected chi connectivity index (χ0v) is 10.9. The topological polar surface area (TPSA) is 12.0 Å². The number of hydrogen-bond donors (Lipinski definition) is 1. The second-order valence-electron chi connectivity index (χ2n) is 5.78. The van der Waals surface area contributed by atoms with Crippen LogP contribution in [0.1, 0.15) is 65.7 Å². The molecular weight excluding hydrogens is 182 g/mol. The number of nitrogens with one attached hydrogen (secondary N) is 1. The summed E-state index contributed by atoms with van der Waals surface area (Å²) < 4.78 is 0. The van der Waals surface area contributed by atoms with Gasteiger partial charge in [-0.2, -0.15) is 0 Å². The molecule has 0 heterocycles. The Morgan fingerprint density at radius 3 is 2.27 bits per heavy atom. The minimum Gasteiger partial charge on any atom is -0.314 e. The van der Waals surface area contributed by atoms with Crippen LogP contribution in [-0.2, 0) is 0 Å². The first-order chi connectivity index (χ1) is 7.18. The summed E-state index contributed by atoms with van der Waals surface area (Å²) in [6.45, 7) is 8.23. The molecule has 1 heteroatoms. The third-order valence-corrected chi connectivity index (χ3v) is 3.66. The highest BCUT2D eigenvalue weighted by Gasteiger charge is 2.13. The summed E-state index contributed by atoms with van der Waals surface area (Å²) in [5, 5.41) is 3.71. The van der Waals surface area contributed by atoms with Gasteiger partial charge in [-0.05, 0) is 51.0 Å². The normalized spacial score (nSPS) is 20.8. The molecule has 0 saturated heterocycles. The Balaban J connectivity index is 2.02. The first kappa shape index (κ1) is 13.0. The van der Waals surface area contributed by atoms with Crippen LogP contribution in [0.15, 0.2) is 0 Å². The molecule has 1 N–H and O–H groups in total. The molecule has 1 saturated carbocycles. The molecule has 1 rings (SSSR count). The number of rotatable bonds is 6. The van der Waals surface area contributed by atoms with Crippen LogP contribution in [0.2, 0.25) is 0 Å². The molecule has 0 aromatic rings. The van der Waals surface area contributed by atoms with Gasteiger partial charge in [-0.1, -0.05) is 33.1 Å². The Hall–Kier alpha value is -0.0400. The van der Waals surface area contributed by atoms with Crippen molar-refractivity contribution in [1.82, 2.24) is 5.32 Å². The van der Waals surface area contributed by atoms with E-state index in [1.54, 1.807) is 0 Å². The summed E-state index contributed by atoms with van der Waals surface area (Å²) in [6.07, 6.45) is 10.0. The van der Waals surface area contributed by atoms with Crippen molar-refractivity contribution in [3.63, 3.8) is 0 Å². The van der Waals surface area contributed by atoms with Crippen molar-refractivity contribution in [1.29, 1.82) is 0 Å². The van der Waals surface area contributed by atoms with Gasteiger partial charge in [0.05, 0.1) is 0 Å². The van der Waals surface area contributed by atoms with Gasteiger partial charge < -0.3 is 5.32 Å². The zero-order valence-electron chi connectivity index (χ0n) is 10.9. The SMILES string of the molecule is CC(C)CCC(C)NCC1CCCCC1. The van der Waals surface area contributed by atoms with Gasteiger partial charge >= 0.3 is 0 Å². The molecule has 1 nitrogen and oxygen atoms in total. The molecule has 0 amide bonds. The summed E-state index contributed by atoms with van der Waals surface area (Å²) in [6, 6.07) is 0.717. The van der Waals surface area contributed by atoms with E-state index in [0.717, 1.165) is 11.8 Å². The third-order valence-electron chi connectivity index (χ3n) is 3.66. The average Bonchev–Trinajstić information content (AvgIpc) is 2.25. The van der Waals surface area contributed by atoms with Crippen LogP contribution in [0.5, 0.6) is 0 Å². The highest BCUT2D eigenvalue weighted by molar-refractivity contribution is 4.70. The van der Waals surface area contributed by atoms with E-state index in [9.17, 15) is 0 Å². The average molecular weight is 211 g/mol. The summed E-state index contributed by atoms with van der Waals surface area (Å²) in [7, 11) is 0. The molecular formula is C14H29N. The van der Waals surface area contributed by atoms with Gasteiger partial charge in [-0.15, -0.1) is 0 Å². The molecule has 0 spiro atoms. The van der Waals surface area contributed by atoms with E-state index in [4.69, 9.17) is 0 Å². The molecule has 0 aromatic heterocycles. The maximum absolute atomic E-state index is 3.71. The van der Waals surface area contributed by atoms with Crippen molar-refractivity contribution in [2.75, 3.05) is 6.54 Å². The first-order valence-corrected chi connectivity index (χ1v) is 6.92. The molecule has 15 heavy (non-hydrogen) atoms. The molecule has 0 radical (unpaired) electrons. The Morgan fingerprint density at radius 2 is 1.67 bits per heavy atom. The van der Waals surface area contributed by atoms with Crippen molar-refractivity contribution in [3.05, 3.63) is 0 Å². The Labute approximate surface area is 96.0 Å². The van der Waals surface area contributed by atoms with E-state index in [1.807, 2.05) is 0 Å². The maximum atomic E-state index is 3.71. The quantitative estimate of drug-likeness (QED) is 0.700. The van der Waals surface area contributed by atoms with Crippen LogP contribution in [0.4, 0.5) is 0 Å². The molecule has 1 fully saturated rings. The van der Waals surface area contributed by atoms with E-state index in [1.165, 1.54) is 51.5 Å². The van der Waals surface area contributed by atoms with Gasteiger partial charge in [0.15, 0.2) is 0 Å². The predicted molar refractivity (Wildman–Crippen MR) is 68.1 cm³/mol. The van der Waals surface area contributed by atoms with E-state index in [2.05, 4.69) is 26.1 Å². The third kappa shape index (κ3) is 6.19. The summed E-state index contributed by atoms with van der Waals surface area (Å²) >= 11 is 0. The number of hydrogen-bond acceptors (Lipinski definition) is 1. The summed E-state index contributed by atoms with van der Waals surface area (Å²) in [4.78, 5) is 0. The van der Waals surface area contributed by atoms with Crippen molar-refractivity contribution < 1.29 is 0 Å². The molecule has 0 aromatic carbocycles. The molecule has 90 valence electrons. The van der Waals surface area contributed by atoms with Crippen LogP contribution < -0.4 is 5.32 Å². The van der Waals surface area contributed by atoms with E-state index >= 15 is 0 Å². The molecule has 0 aliphatic heterocycles. The molecule has 1 aliphatic carbocycles. The highest BCUT2D eigenvalue weighted by Crippen LogP contribution is 2.23. The lowest BCUT2D eigenvalue weighted by Crippen LogP contribution is -2.32. The molecule has 1 atom stereocenters. The monoisotopic (exact) mass is 211 g/mol. The zero-order chi connectivity index (χ0) is 11.1. The Morgan fingerprint density at radius 1 is 1.00 bits per heavy atom. The second-order valence-corrected chi connectivity index (χ2v) is 5.78. The standard InChI is InChI=1S/C14H29N/c1-12(2)9-10-13(3)15-11-14-7-5-4-6-8-14/h12-15H,4-11H2,1-3H3. The smallest absolute Gasteiger partial charge is 0.00389 e. The van der Waals surface area contributed by atoms with Gasteiger partial charge in [0.1, 0.15) is 0 Å². The van der Waals surface area contributed by atoms with Crippen molar-refractivity contribution in [2.45, 2.75) is 71.8 Å². The first-order valence-electron chi connectivity index (χ1n) is 6.92. The fourth-order valence-corrected chi connectivity index (χ4v) is 2.44. The van der Waals surface area contributed by atoms with Crippen LogP contribution in [-0.4, -0.2) is 12.6 Å². The van der Waals surface area contributed by atoms with Crippen LogP contribution in [0.25, 0.3) is 0 Å². The summed E-state index contributed by atoms with van der Waals surface area (Å²) in [5.41, 5.74) is 0. The molecule has 1 unspecified atom stereocenters. The van der Waals surface area contributed by atoms with Crippen molar-refractivity contribution in [2.24, 2.45) is 11.8 Å². The van der Waals surface area contributed by atoms with Gasteiger partial charge in [0.2, 0.25) is 0 Å². The van der Waals surface area contributed by atoms with Crippen molar-refractivity contribution >= 4 is 0 Å². The maximum Gasteiger partial charge on any atom is 0.00389 e.